The van der Waals surface area contributed by atoms with Gasteiger partial charge in [-0.2, -0.15) is 0 Å². The number of benzene rings is 2. The van der Waals surface area contributed by atoms with Gasteiger partial charge in [0.1, 0.15) is 5.82 Å². The topological polar surface area (TPSA) is 58.4 Å². The molecule has 0 saturated heterocycles. The van der Waals surface area contributed by atoms with E-state index in [-0.39, 0.29) is 18.1 Å². The molecule has 0 bridgehead atoms. The van der Waals surface area contributed by atoms with Crippen LogP contribution in [-0.2, 0) is 4.79 Å². The van der Waals surface area contributed by atoms with E-state index in [4.69, 9.17) is 5.73 Å². The number of nitrogens with zero attached hydrogens (tertiary/aromatic N) is 1. The molecule has 0 saturated carbocycles. The number of likely N-dealkylation sites (N-methyl/N-ethyl adjacent to an activating group) is 1. The number of carbonyl (C=O) groups is 1. The summed E-state index contributed by atoms with van der Waals surface area (Å²) in [6.07, 6.45) is 0. The number of amides is 1. The van der Waals surface area contributed by atoms with E-state index in [0.717, 1.165) is 11.3 Å². The van der Waals surface area contributed by atoms with Gasteiger partial charge in [-0.25, -0.2) is 4.39 Å². The Morgan fingerprint density at radius 1 is 1.29 bits per heavy atom. The number of nitrogens with one attached hydrogen (secondary N) is 1. The first-order chi connectivity index (χ1) is 9.95. The molecular formula is C16H18FN3O. The Morgan fingerprint density at radius 2 is 2.05 bits per heavy atom. The molecule has 0 spiro atoms. The Labute approximate surface area is 123 Å². The summed E-state index contributed by atoms with van der Waals surface area (Å²) < 4.78 is 13.1. The number of halogens is 1. The Kier molecular flexibility index (Phi) is 4.42. The van der Waals surface area contributed by atoms with Gasteiger partial charge >= 0.3 is 0 Å². The largest absolute Gasteiger partial charge is 0.396 e. The van der Waals surface area contributed by atoms with Gasteiger partial charge in [-0.15, -0.1) is 0 Å². The Balaban J connectivity index is 1.99. The fraction of sp³-hybridized carbons (Fsp3) is 0.188. The SMILES string of the molecule is Cc1cccc(N(C)CC(=O)Nc2ccc(F)c(N)c2)c1. The molecule has 4 nitrogen and oxygen atoms in total. The van der Waals surface area contributed by atoms with Crippen LogP contribution in [0.15, 0.2) is 42.5 Å². The van der Waals surface area contributed by atoms with Crippen molar-refractivity contribution in [3.05, 3.63) is 53.8 Å². The molecule has 110 valence electrons. The number of nitrogens with two attached hydrogens (primary N) is 1. The Hall–Kier alpha value is -2.56. The van der Waals surface area contributed by atoms with Gasteiger partial charge in [-0.1, -0.05) is 12.1 Å². The number of aryl methyl sites for hydroxylation is 1. The van der Waals surface area contributed by atoms with Crippen LogP contribution in [0.4, 0.5) is 21.5 Å². The highest BCUT2D eigenvalue weighted by atomic mass is 19.1. The van der Waals surface area contributed by atoms with Crippen LogP contribution in [0.5, 0.6) is 0 Å². The first-order valence-electron chi connectivity index (χ1n) is 6.58. The van der Waals surface area contributed by atoms with E-state index >= 15 is 0 Å². The van der Waals surface area contributed by atoms with Crippen LogP contribution in [0.2, 0.25) is 0 Å². The van der Waals surface area contributed by atoms with E-state index in [1.165, 1.54) is 18.2 Å². The van der Waals surface area contributed by atoms with Gasteiger partial charge in [0, 0.05) is 18.4 Å². The van der Waals surface area contributed by atoms with Crippen LogP contribution in [0.1, 0.15) is 5.56 Å². The van der Waals surface area contributed by atoms with Gasteiger partial charge < -0.3 is 16.0 Å². The predicted molar refractivity (Wildman–Crippen MR) is 83.9 cm³/mol. The van der Waals surface area contributed by atoms with Crippen molar-refractivity contribution in [3.63, 3.8) is 0 Å². The van der Waals surface area contributed by atoms with Crippen molar-refractivity contribution in [1.29, 1.82) is 0 Å². The van der Waals surface area contributed by atoms with Crippen molar-refractivity contribution in [1.82, 2.24) is 0 Å². The predicted octanol–water partition coefficient (Wildman–Crippen LogP) is 2.79. The second kappa shape index (κ2) is 6.26. The Morgan fingerprint density at radius 3 is 2.71 bits per heavy atom. The molecule has 0 aliphatic rings. The van der Waals surface area contributed by atoms with Crippen LogP contribution in [0, 0.1) is 12.7 Å². The Bertz CT molecular complexity index is 658. The molecule has 0 fully saturated rings. The van der Waals surface area contributed by atoms with Crippen molar-refractivity contribution in [3.8, 4) is 0 Å². The molecule has 0 heterocycles. The zero-order valence-corrected chi connectivity index (χ0v) is 12.1. The average molecular weight is 287 g/mol. The maximum Gasteiger partial charge on any atom is 0.243 e. The molecule has 2 aromatic carbocycles. The third-order valence-electron chi connectivity index (χ3n) is 3.10. The maximum atomic E-state index is 13.1. The summed E-state index contributed by atoms with van der Waals surface area (Å²) in [6.45, 7) is 2.19. The zero-order valence-electron chi connectivity index (χ0n) is 12.1. The number of anilines is 3. The minimum absolute atomic E-state index is 0.0137. The molecule has 0 aromatic heterocycles. The molecule has 3 N–H and O–H groups in total. The number of nitrogen functional groups attached to an aromatic ring is 1. The maximum absolute atomic E-state index is 13.1. The monoisotopic (exact) mass is 287 g/mol. The molecule has 0 aliphatic carbocycles. The van der Waals surface area contributed by atoms with Gasteiger partial charge in [0.2, 0.25) is 5.91 Å². The van der Waals surface area contributed by atoms with E-state index < -0.39 is 5.82 Å². The van der Waals surface area contributed by atoms with Crippen molar-refractivity contribution >= 4 is 23.0 Å². The molecule has 5 heteroatoms. The molecule has 2 rings (SSSR count). The minimum Gasteiger partial charge on any atom is -0.396 e. The summed E-state index contributed by atoms with van der Waals surface area (Å²) in [5.74, 6) is -0.685. The standard InChI is InChI=1S/C16H18FN3O/c1-11-4-3-5-13(8-11)20(2)10-16(21)19-12-6-7-14(17)15(18)9-12/h3-9H,10,18H2,1-2H3,(H,19,21). The van der Waals surface area contributed by atoms with Crippen molar-refractivity contribution < 1.29 is 9.18 Å². The first-order valence-corrected chi connectivity index (χ1v) is 6.58. The molecule has 0 aliphatic heterocycles. The van der Waals surface area contributed by atoms with Crippen LogP contribution < -0.4 is 16.0 Å². The lowest BCUT2D eigenvalue weighted by atomic mass is 10.2. The number of carbonyl (C=O) groups excluding carboxylic acids is 1. The van der Waals surface area contributed by atoms with Gasteiger partial charge in [-0.3, -0.25) is 4.79 Å². The second-order valence-electron chi connectivity index (χ2n) is 4.98. The van der Waals surface area contributed by atoms with Crippen LogP contribution >= 0.6 is 0 Å². The summed E-state index contributed by atoms with van der Waals surface area (Å²) in [4.78, 5) is 13.8. The zero-order chi connectivity index (χ0) is 15.4. The third-order valence-corrected chi connectivity index (χ3v) is 3.10. The van der Waals surface area contributed by atoms with Gasteiger partial charge in [-0.05, 0) is 42.8 Å². The summed E-state index contributed by atoms with van der Waals surface area (Å²) in [6, 6.07) is 12.0. The van der Waals surface area contributed by atoms with Crippen LogP contribution in [0.3, 0.4) is 0 Å². The lowest BCUT2D eigenvalue weighted by Crippen LogP contribution is -2.30. The summed E-state index contributed by atoms with van der Waals surface area (Å²) in [7, 11) is 1.84. The lowest BCUT2D eigenvalue weighted by Gasteiger charge is -2.19. The molecule has 2 aromatic rings. The number of hydrogen-bond donors (Lipinski definition) is 2. The van der Waals surface area contributed by atoms with Crippen molar-refractivity contribution in [2.24, 2.45) is 0 Å². The highest BCUT2D eigenvalue weighted by molar-refractivity contribution is 5.94. The van der Waals surface area contributed by atoms with Gasteiger partial charge in [0.15, 0.2) is 0 Å². The fourth-order valence-electron chi connectivity index (χ4n) is 1.99. The summed E-state index contributed by atoms with van der Waals surface area (Å²) in [5, 5.41) is 2.70. The second-order valence-corrected chi connectivity index (χ2v) is 4.98. The quantitative estimate of drug-likeness (QED) is 0.850. The molecule has 21 heavy (non-hydrogen) atoms. The van der Waals surface area contributed by atoms with Crippen LogP contribution in [0.25, 0.3) is 0 Å². The van der Waals surface area contributed by atoms with E-state index in [1.807, 2.05) is 43.1 Å². The molecule has 0 unspecified atom stereocenters. The average Bonchev–Trinajstić information content (AvgIpc) is 2.43. The molecule has 0 atom stereocenters. The number of hydrogen-bond acceptors (Lipinski definition) is 3. The summed E-state index contributed by atoms with van der Waals surface area (Å²) in [5.41, 5.74) is 8.06. The minimum atomic E-state index is -0.495. The number of rotatable bonds is 4. The van der Waals surface area contributed by atoms with E-state index in [1.54, 1.807) is 0 Å². The van der Waals surface area contributed by atoms with E-state index in [0.29, 0.717) is 5.69 Å². The highest BCUT2D eigenvalue weighted by Gasteiger charge is 2.09. The summed E-state index contributed by atoms with van der Waals surface area (Å²) >= 11 is 0. The first kappa shape index (κ1) is 14.8. The van der Waals surface area contributed by atoms with Crippen LogP contribution in [-0.4, -0.2) is 19.5 Å². The van der Waals surface area contributed by atoms with Gasteiger partial charge in [0.05, 0.1) is 12.2 Å². The normalized spacial score (nSPS) is 10.2. The molecule has 1 amide bonds. The fourth-order valence-corrected chi connectivity index (χ4v) is 1.99. The molecule has 0 radical (unpaired) electrons. The van der Waals surface area contributed by atoms with E-state index in [2.05, 4.69) is 5.32 Å². The van der Waals surface area contributed by atoms with Crippen molar-refractivity contribution in [2.75, 3.05) is 29.5 Å². The smallest absolute Gasteiger partial charge is 0.243 e. The van der Waals surface area contributed by atoms with E-state index in [9.17, 15) is 9.18 Å². The van der Waals surface area contributed by atoms with Gasteiger partial charge in [0.25, 0.3) is 0 Å². The molecular weight excluding hydrogens is 269 g/mol. The third kappa shape index (κ3) is 3.95. The van der Waals surface area contributed by atoms with Crippen molar-refractivity contribution in [2.45, 2.75) is 6.92 Å². The lowest BCUT2D eigenvalue weighted by molar-refractivity contribution is -0.114. The highest BCUT2D eigenvalue weighted by Crippen LogP contribution is 2.17.